The van der Waals surface area contributed by atoms with E-state index in [4.69, 9.17) is 5.11 Å². The number of likely N-dealkylation sites (N-methyl/N-ethyl adjacent to an activating group) is 1. The number of carboxylic acid groups (broad SMARTS) is 1. The molecule has 1 saturated heterocycles. The molecule has 172 valence electrons. The van der Waals surface area contributed by atoms with E-state index in [0.717, 1.165) is 25.8 Å². The van der Waals surface area contributed by atoms with Gasteiger partial charge in [0.05, 0.1) is 6.04 Å². The zero-order valence-corrected chi connectivity index (χ0v) is 20.0. The van der Waals surface area contributed by atoms with Crippen LogP contribution in [0.3, 0.4) is 0 Å². The van der Waals surface area contributed by atoms with Crippen molar-refractivity contribution < 1.29 is 19.5 Å². The Balaban J connectivity index is 2.96. The Kier molecular flexibility index (Phi) is 9.53. The van der Waals surface area contributed by atoms with E-state index in [1.165, 1.54) is 17.9 Å². The van der Waals surface area contributed by atoms with Crippen LogP contribution in [-0.4, -0.2) is 71.0 Å². The van der Waals surface area contributed by atoms with Crippen LogP contribution >= 0.6 is 0 Å². The maximum atomic E-state index is 13.2. The number of hydrogen-bond donors (Lipinski definition) is 2. The fourth-order valence-corrected chi connectivity index (χ4v) is 3.82. The molecule has 0 aromatic carbocycles. The average molecular weight is 424 g/mol. The second kappa shape index (κ2) is 10.9. The lowest BCUT2D eigenvalue weighted by Crippen LogP contribution is -2.60. The summed E-state index contributed by atoms with van der Waals surface area (Å²) in [4.78, 5) is 41.1. The van der Waals surface area contributed by atoms with Crippen molar-refractivity contribution in [3.05, 3.63) is 11.6 Å². The van der Waals surface area contributed by atoms with Crippen LogP contribution in [0.2, 0.25) is 0 Å². The minimum absolute atomic E-state index is 0.0998. The first-order valence-corrected chi connectivity index (χ1v) is 11.0. The molecule has 0 bridgehead atoms. The molecule has 0 aliphatic carbocycles. The molecule has 2 N–H and O–H groups in total. The normalized spacial score (nSPS) is 22.0. The highest BCUT2D eigenvalue weighted by Gasteiger charge is 2.39. The van der Waals surface area contributed by atoms with Gasteiger partial charge in [-0.3, -0.25) is 14.5 Å². The molecule has 7 nitrogen and oxygen atoms in total. The maximum absolute atomic E-state index is 13.2. The van der Waals surface area contributed by atoms with Gasteiger partial charge in [-0.25, -0.2) is 4.79 Å². The molecular weight excluding hydrogens is 382 g/mol. The van der Waals surface area contributed by atoms with Crippen molar-refractivity contribution in [1.29, 1.82) is 0 Å². The summed E-state index contributed by atoms with van der Waals surface area (Å²) in [6, 6.07) is -0.665. The van der Waals surface area contributed by atoms with Gasteiger partial charge in [0.2, 0.25) is 11.8 Å². The Bertz CT molecular complexity index is 651. The van der Waals surface area contributed by atoms with E-state index in [0.29, 0.717) is 5.92 Å². The standard InChI is InChI=1S/C23H41N3O4/c1-9-17-10-11-18(26(14-17)15(2)3)20(27)24-19(23(5,6)7)21(28)25(8)13-12-16(4)22(29)30/h12,15,17-19H,9-11,13-14H2,1-8H3,(H,24,27)(H,29,30)/b16-12+/t17-,18-,19?/m0/s1. The minimum atomic E-state index is -1.01. The number of nitrogens with one attached hydrogen (secondary N) is 1. The van der Waals surface area contributed by atoms with E-state index in [1.54, 1.807) is 7.05 Å². The van der Waals surface area contributed by atoms with Crippen LogP contribution in [0.5, 0.6) is 0 Å². The summed E-state index contributed by atoms with van der Waals surface area (Å²) in [5.41, 5.74) is -0.290. The molecule has 0 radical (unpaired) electrons. The predicted octanol–water partition coefficient (Wildman–Crippen LogP) is 2.91. The minimum Gasteiger partial charge on any atom is -0.478 e. The SMILES string of the molecule is CC[C@H]1CC[C@@H](C(=O)NC(C(=O)N(C)C/C=C(\C)C(=O)O)C(C)(C)C)N(C(C)C)C1. The van der Waals surface area contributed by atoms with Gasteiger partial charge in [-0.05, 0) is 44.9 Å². The molecule has 7 heteroatoms. The molecule has 30 heavy (non-hydrogen) atoms. The zero-order valence-electron chi connectivity index (χ0n) is 20.0. The third-order valence-corrected chi connectivity index (χ3v) is 6.05. The van der Waals surface area contributed by atoms with E-state index in [1.807, 2.05) is 20.8 Å². The molecule has 1 aliphatic heterocycles. The van der Waals surface area contributed by atoms with Gasteiger partial charge in [0.1, 0.15) is 6.04 Å². The molecule has 1 rings (SSSR count). The molecule has 0 saturated carbocycles. The van der Waals surface area contributed by atoms with Crippen molar-refractivity contribution in [2.45, 2.75) is 85.9 Å². The topological polar surface area (TPSA) is 90.0 Å². The zero-order chi connectivity index (χ0) is 23.2. The Labute approximate surface area is 181 Å². The van der Waals surface area contributed by atoms with Crippen molar-refractivity contribution >= 4 is 17.8 Å². The Morgan fingerprint density at radius 1 is 1.23 bits per heavy atom. The number of carboxylic acids is 1. The second-order valence-corrected chi connectivity index (χ2v) is 9.88. The van der Waals surface area contributed by atoms with Crippen LogP contribution in [0.15, 0.2) is 11.6 Å². The summed E-state index contributed by atoms with van der Waals surface area (Å²) in [7, 11) is 1.63. The Hall–Kier alpha value is -1.89. The van der Waals surface area contributed by atoms with Gasteiger partial charge in [-0.2, -0.15) is 0 Å². The number of aliphatic carboxylic acids is 1. The average Bonchev–Trinajstić information content (AvgIpc) is 2.67. The number of carbonyl (C=O) groups excluding carboxylic acids is 2. The summed E-state index contributed by atoms with van der Waals surface area (Å²) in [6.45, 7) is 14.8. The fraction of sp³-hybridized carbons (Fsp3) is 0.783. The van der Waals surface area contributed by atoms with Gasteiger partial charge in [0.25, 0.3) is 0 Å². The molecule has 0 aromatic heterocycles. The van der Waals surface area contributed by atoms with Crippen LogP contribution in [0.4, 0.5) is 0 Å². The van der Waals surface area contributed by atoms with E-state index in [-0.39, 0.29) is 36.0 Å². The first-order chi connectivity index (χ1) is 13.8. The molecule has 1 unspecified atom stereocenters. The highest BCUT2D eigenvalue weighted by atomic mass is 16.4. The Morgan fingerprint density at radius 2 is 1.83 bits per heavy atom. The van der Waals surface area contributed by atoms with Gasteiger partial charge in [0.15, 0.2) is 0 Å². The van der Waals surface area contributed by atoms with E-state index < -0.39 is 17.4 Å². The lowest BCUT2D eigenvalue weighted by atomic mass is 9.84. The van der Waals surface area contributed by atoms with Gasteiger partial charge in [0, 0.05) is 31.8 Å². The highest BCUT2D eigenvalue weighted by Crippen LogP contribution is 2.27. The number of nitrogens with zero attached hydrogens (tertiary/aromatic N) is 2. The van der Waals surface area contributed by atoms with E-state index in [9.17, 15) is 14.4 Å². The van der Waals surface area contributed by atoms with E-state index in [2.05, 4.69) is 31.0 Å². The number of piperidine rings is 1. The molecular formula is C23H41N3O4. The second-order valence-electron chi connectivity index (χ2n) is 9.88. The van der Waals surface area contributed by atoms with Crippen molar-refractivity contribution in [3.8, 4) is 0 Å². The first kappa shape index (κ1) is 26.1. The third kappa shape index (κ3) is 7.11. The van der Waals surface area contributed by atoms with Crippen molar-refractivity contribution in [2.24, 2.45) is 11.3 Å². The molecule has 0 aromatic rings. The third-order valence-electron chi connectivity index (χ3n) is 6.05. The lowest BCUT2D eigenvalue weighted by molar-refractivity contribution is -0.140. The van der Waals surface area contributed by atoms with E-state index >= 15 is 0 Å². The quantitative estimate of drug-likeness (QED) is 0.586. The summed E-state index contributed by atoms with van der Waals surface area (Å²) in [5.74, 6) is -0.722. The smallest absolute Gasteiger partial charge is 0.331 e. The number of rotatable bonds is 8. The van der Waals surface area contributed by atoms with Gasteiger partial charge >= 0.3 is 5.97 Å². The molecule has 0 spiro atoms. The largest absolute Gasteiger partial charge is 0.478 e. The summed E-state index contributed by atoms with van der Waals surface area (Å²) in [6.07, 6.45) is 4.43. The predicted molar refractivity (Wildman–Crippen MR) is 119 cm³/mol. The molecule has 3 atom stereocenters. The summed E-state index contributed by atoms with van der Waals surface area (Å²) >= 11 is 0. The number of carbonyl (C=O) groups is 3. The van der Waals surface area contributed by atoms with Crippen LogP contribution in [0, 0.1) is 11.3 Å². The van der Waals surface area contributed by atoms with Crippen molar-refractivity contribution in [1.82, 2.24) is 15.1 Å². The monoisotopic (exact) mass is 423 g/mol. The fourth-order valence-electron chi connectivity index (χ4n) is 3.82. The lowest BCUT2D eigenvalue weighted by Gasteiger charge is -2.42. The molecule has 1 heterocycles. The first-order valence-electron chi connectivity index (χ1n) is 11.0. The highest BCUT2D eigenvalue weighted by molar-refractivity contribution is 5.90. The van der Waals surface area contributed by atoms with Crippen LogP contribution in [-0.2, 0) is 14.4 Å². The van der Waals surface area contributed by atoms with Crippen molar-refractivity contribution in [2.75, 3.05) is 20.1 Å². The summed E-state index contributed by atoms with van der Waals surface area (Å²) < 4.78 is 0. The Morgan fingerprint density at radius 3 is 2.30 bits per heavy atom. The van der Waals surface area contributed by atoms with Crippen LogP contribution < -0.4 is 5.32 Å². The van der Waals surface area contributed by atoms with Gasteiger partial charge in [-0.1, -0.05) is 40.2 Å². The van der Waals surface area contributed by atoms with Gasteiger partial charge < -0.3 is 15.3 Å². The van der Waals surface area contributed by atoms with Crippen LogP contribution in [0.1, 0.15) is 67.7 Å². The number of amides is 2. The van der Waals surface area contributed by atoms with Crippen LogP contribution in [0.25, 0.3) is 0 Å². The summed E-state index contributed by atoms with van der Waals surface area (Å²) in [5, 5.41) is 12.0. The van der Waals surface area contributed by atoms with Crippen molar-refractivity contribution in [3.63, 3.8) is 0 Å². The maximum Gasteiger partial charge on any atom is 0.331 e. The van der Waals surface area contributed by atoms with Gasteiger partial charge in [-0.15, -0.1) is 0 Å². The number of hydrogen-bond acceptors (Lipinski definition) is 4. The number of likely N-dealkylation sites (tertiary alicyclic amines) is 1. The molecule has 1 aliphatic rings. The molecule has 2 amide bonds. The molecule has 1 fully saturated rings.